The lowest BCUT2D eigenvalue weighted by Gasteiger charge is -2.31. The number of likely N-dealkylation sites (tertiary alicyclic amines) is 1. The zero-order valence-electron chi connectivity index (χ0n) is 11.7. The lowest BCUT2D eigenvalue weighted by atomic mass is 10.1. The van der Waals surface area contributed by atoms with Gasteiger partial charge in [-0.05, 0) is 46.5 Å². The first-order chi connectivity index (χ1) is 10.0. The Morgan fingerprint density at radius 2 is 2.14 bits per heavy atom. The van der Waals surface area contributed by atoms with Gasteiger partial charge in [-0.3, -0.25) is 9.69 Å². The molecule has 1 aliphatic heterocycles. The normalized spacial score (nSPS) is 17.0. The molecule has 21 heavy (non-hydrogen) atoms. The van der Waals surface area contributed by atoms with Gasteiger partial charge in [0.25, 0.3) is 0 Å². The zero-order chi connectivity index (χ0) is 15.2. The van der Waals surface area contributed by atoms with Crippen molar-refractivity contribution in [2.45, 2.75) is 31.9 Å². The summed E-state index contributed by atoms with van der Waals surface area (Å²) in [4.78, 5) is 12.8. The van der Waals surface area contributed by atoms with Crippen LogP contribution in [0.1, 0.15) is 24.8 Å². The van der Waals surface area contributed by atoms with Crippen LogP contribution in [0.5, 0.6) is 0 Å². The molecular weight excluding hydrogens is 358 g/mol. The molecule has 2 rings (SSSR count). The van der Waals surface area contributed by atoms with Crippen molar-refractivity contribution in [1.82, 2.24) is 4.90 Å². The Labute approximate surface area is 138 Å². The van der Waals surface area contributed by atoms with Crippen LogP contribution in [0.15, 0.2) is 22.7 Å². The number of carbonyl (C=O) groups is 1. The SMILES string of the molecule is O=C(O)CCOC1CCN(Cc2ccc(Br)c(Cl)c2)CC1. The molecule has 0 atom stereocenters. The number of aliphatic carboxylic acids is 1. The molecule has 0 saturated carbocycles. The number of piperidine rings is 1. The van der Waals surface area contributed by atoms with Crippen LogP contribution in [0.25, 0.3) is 0 Å². The zero-order valence-corrected chi connectivity index (χ0v) is 14.1. The van der Waals surface area contributed by atoms with Gasteiger partial charge in [0.05, 0.1) is 24.2 Å². The van der Waals surface area contributed by atoms with Gasteiger partial charge in [-0.2, -0.15) is 0 Å². The largest absolute Gasteiger partial charge is 0.481 e. The molecule has 1 aliphatic rings. The van der Waals surface area contributed by atoms with Gasteiger partial charge in [0.2, 0.25) is 0 Å². The molecule has 0 amide bonds. The summed E-state index contributed by atoms with van der Waals surface area (Å²) in [6.45, 7) is 3.12. The maximum atomic E-state index is 10.4. The van der Waals surface area contributed by atoms with Gasteiger partial charge in [-0.25, -0.2) is 0 Å². The molecule has 0 unspecified atom stereocenters. The predicted octanol–water partition coefficient (Wildman–Crippen LogP) is 3.56. The predicted molar refractivity (Wildman–Crippen MR) is 85.7 cm³/mol. The van der Waals surface area contributed by atoms with E-state index in [1.54, 1.807) is 0 Å². The number of carboxylic acids is 1. The second-order valence-electron chi connectivity index (χ2n) is 5.24. The van der Waals surface area contributed by atoms with E-state index < -0.39 is 5.97 Å². The maximum Gasteiger partial charge on any atom is 0.305 e. The van der Waals surface area contributed by atoms with Gasteiger partial charge in [-0.15, -0.1) is 0 Å². The molecule has 1 heterocycles. The van der Waals surface area contributed by atoms with Crippen molar-refractivity contribution in [1.29, 1.82) is 0 Å². The summed E-state index contributed by atoms with van der Waals surface area (Å²) >= 11 is 9.50. The first kappa shape index (κ1) is 16.7. The number of hydrogen-bond acceptors (Lipinski definition) is 3. The highest BCUT2D eigenvalue weighted by Gasteiger charge is 2.20. The van der Waals surface area contributed by atoms with E-state index in [9.17, 15) is 4.79 Å². The maximum absolute atomic E-state index is 10.4. The Bertz CT molecular complexity index is 490. The fourth-order valence-corrected chi connectivity index (χ4v) is 2.89. The fourth-order valence-electron chi connectivity index (χ4n) is 2.44. The highest BCUT2D eigenvalue weighted by molar-refractivity contribution is 9.10. The molecule has 1 aromatic rings. The monoisotopic (exact) mass is 375 g/mol. The minimum atomic E-state index is -0.806. The van der Waals surface area contributed by atoms with Crippen molar-refractivity contribution in [2.75, 3.05) is 19.7 Å². The molecule has 116 valence electrons. The molecule has 0 spiro atoms. The van der Waals surface area contributed by atoms with E-state index in [-0.39, 0.29) is 12.5 Å². The molecule has 0 radical (unpaired) electrons. The van der Waals surface area contributed by atoms with Crippen molar-refractivity contribution >= 4 is 33.5 Å². The van der Waals surface area contributed by atoms with Crippen LogP contribution in [0.3, 0.4) is 0 Å². The van der Waals surface area contributed by atoms with Gasteiger partial charge < -0.3 is 9.84 Å². The average Bonchev–Trinajstić information content (AvgIpc) is 2.44. The number of carboxylic acid groups (broad SMARTS) is 1. The van der Waals surface area contributed by atoms with E-state index in [0.29, 0.717) is 6.61 Å². The van der Waals surface area contributed by atoms with Crippen LogP contribution < -0.4 is 0 Å². The number of nitrogens with zero attached hydrogens (tertiary/aromatic N) is 1. The van der Waals surface area contributed by atoms with Crippen molar-refractivity contribution in [3.05, 3.63) is 33.3 Å². The van der Waals surface area contributed by atoms with Crippen LogP contribution >= 0.6 is 27.5 Å². The van der Waals surface area contributed by atoms with Crippen LogP contribution in [0.2, 0.25) is 5.02 Å². The van der Waals surface area contributed by atoms with Gasteiger partial charge >= 0.3 is 5.97 Å². The number of halogens is 2. The standard InChI is InChI=1S/C15H19BrClNO3/c16-13-2-1-11(9-14(13)17)10-18-6-3-12(4-7-18)21-8-5-15(19)20/h1-2,9,12H,3-8,10H2,(H,19,20). The third-order valence-electron chi connectivity index (χ3n) is 3.59. The topological polar surface area (TPSA) is 49.8 Å². The van der Waals surface area contributed by atoms with Gasteiger partial charge in [0.15, 0.2) is 0 Å². The highest BCUT2D eigenvalue weighted by atomic mass is 79.9. The highest BCUT2D eigenvalue weighted by Crippen LogP contribution is 2.24. The lowest BCUT2D eigenvalue weighted by molar-refractivity contribution is -0.138. The Hall–Kier alpha value is -0.620. The lowest BCUT2D eigenvalue weighted by Crippen LogP contribution is -2.36. The summed E-state index contributed by atoms with van der Waals surface area (Å²) in [6, 6.07) is 6.03. The second kappa shape index (κ2) is 8.13. The average molecular weight is 377 g/mol. The first-order valence-corrected chi connectivity index (χ1v) is 8.21. The summed E-state index contributed by atoms with van der Waals surface area (Å²) in [5.41, 5.74) is 1.20. The molecule has 1 saturated heterocycles. The molecule has 6 heteroatoms. The van der Waals surface area contributed by atoms with Crippen molar-refractivity contribution < 1.29 is 14.6 Å². The van der Waals surface area contributed by atoms with Crippen LogP contribution in [0, 0.1) is 0 Å². The van der Waals surface area contributed by atoms with Crippen LogP contribution in [-0.2, 0) is 16.1 Å². The van der Waals surface area contributed by atoms with Crippen LogP contribution in [0.4, 0.5) is 0 Å². The Balaban J connectivity index is 1.73. The molecule has 0 aliphatic carbocycles. The van der Waals surface area contributed by atoms with E-state index >= 15 is 0 Å². The van der Waals surface area contributed by atoms with E-state index in [1.807, 2.05) is 12.1 Å². The molecule has 1 fully saturated rings. The Morgan fingerprint density at radius 1 is 1.43 bits per heavy atom. The molecular formula is C15H19BrClNO3. The van der Waals surface area contributed by atoms with Crippen molar-refractivity contribution in [3.63, 3.8) is 0 Å². The molecule has 1 N–H and O–H groups in total. The molecule has 1 aromatic carbocycles. The number of hydrogen-bond donors (Lipinski definition) is 1. The third kappa shape index (κ3) is 5.58. The third-order valence-corrected chi connectivity index (χ3v) is 4.83. The van der Waals surface area contributed by atoms with E-state index in [1.165, 1.54) is 5.56 Å². The fraction of sp³-hybridized carbons (Fsp3) is 0.533. The van der Waals surface area contributed by atoms with E-state index in [2.05, 4.69) is 26.9 Å². The van der Waals surface area contributed by atoms with Crippen molar-refractivity contribution in [3.8, 4) is 0 Å². The van der Waals surface area contributed by atoms with Gasteiger partial charge in [0.1, 0.15) is 0 Å². The Kier molecular flexibility index (Phi) is 6.48. The van der Waals surface area contributed by atoms with Crippen LogP contribution in [-0.4, -0.2) is 41.8 Å². The number of rotatable bonds is 6. The molecule has 0 bridgehead atoms. The summed E-state index contributed by atoms with van der Waals surface area (Å²) in [7, 11) is 0. The van der Waals surface area contributed by atoms with Crippen molar-refractivity contribution in [2.24, 2.45) is 0 Å². The quantitative estimate of drug-likeness (QED) is 0.825. The minimum Gasteiger partial charge on any atom is -0.481 e. The summed E-state index contributed by atoms with van der Waals surface area (Å²) in [6.07, 6.45) is 2.17. The Morgan fingerprint density at radius 3 is 2.76 bits per heavy atom. The summed E-state index contributed by atoms with van der Waals surface area (Å²) in [5.74, 6) is -0.806. The minimum absolute atomic E-state index is 0.0810. The summed E-state index contributed by atoms with van der Waals surface area (Å²) in [5, 5.41) is 9.32. The van der Waals surface area contributed by atoms with E-state index in [0.717, 1.165) is 42.0 Å². The summed E-state index contributed by atoms with van der Waals surface area (Å²) < 4.78 is 6.51. The smallest absolute Gasteiger partial charge is 0.305 e. The van der Waals surface area contributed by atoms with E-state index in [4.69, 9.17) is 21.4 Å². The van der Waals surface area contributed by atoms with Gasteiger partial charge in [0, 0.05) is 24.1 Å². The second-order valence-corrected chi connectivity index (χ2v) is 6.50. The van der Waals surface area contributed by atoms with Gasteiger partial charge in [-0.1, -0.05) is 17.7 Å². The number of benzene rings is 1. The molecule has 4 nitrogen and oxygen atoms in total. The molecule has 0 aromatic heterocycles. The first-order valence-electron chi connectivity index (χ1n) is 7.04. The number of ether oxygens (including phenoxy) is 1.